The molecule has 0 amide bonds. The van der Waals surface area contributed by atoms with Crippen molar-refractivity contribution in [2.45, 2.75) is 12.5 Å². The Kier molecular flexibility index (Phi) is 5.77. The topological polar surface area (TPSA) is 77.4 Å². The third-order valence-electron chi connectivity index (χ3n) is 3.96. The second kappa shape index (κ2) is 7.63. The molecular formula is C19H24O6. The Hall–Kier alpha value is -2.44. The number of aliphatic hydroxyl groups is 2. The lowest BCUT2D eigenvalue weighted by atomic mass is 9.99. The van der Waals surface area contributed by atoms with Crippen molar-refractivity contribution >= 4 is 16.8 Å². The fourth-order valence-electron chi connectivity index (χ4n) is 2.62. The second-order valence-electron chi connectivity index (χ2n) is 5.77. The van der Waals surface area contributed by atoms with Crippen LogP contribution in [0.15, 0.2) is 24.3 Å². The van der Waals surface area contributed by atoms with Crippen molar-refractivity contribution in [3.63, 3.8) is 0 Å². The lowest BCUT2D eigenvalue weighted by molar-refractivity contribution is 0.0442. The monoisotopic (exact) mass is 348 g/mol. The maximum Gasteiger partial charge on any atom is 0.138 e. The molecule has 25 heavy (non-hydrogen) atoms. The molecule has 6 nitrogen and oxygen atoms in total. The average molecular weight is 348 g/mol. The zero-order valence-electron chi connectivity index (χ0n) is 15.1. The third-order valence-corrected chi connectivity index (χ3v) is 3.96. The molecule has 0 aliphatic heterocycles. The molecular weight excluding hydrogens is 324 g/mol. The number of ether oxygens (including phenoxy) is 4. The highest BCUT2D eigenvalue weighted by atomic mass is 16.5. The number of hydrogen-bond acceptors (Lipinski definition) is 6. The van der Waals surface area contributed by atoms with E-state index in [1.54, 1.807) is 52.7 Å². The minimum absolute atomic E-state index is 0.395. The molecule has 0 spiro atoms. The number of hydrogen-bond donors (Lipinski definition) is 2. The highest BCUT2D eigenvalue weighted by molar-refractivity contribution is 6.04. The first-order valence-electron chi connectivity index (χ1n) is 7.74. The predicted octanol–water partition coefficient (Wildman–Crippen LogP) is 2.63. The Labute approximate surface area is 147 Å². The molecule has 136 valence electrons. The third kappa shape index (κ3) is 3.65. The molecule has 0 aromatic heterocycles. The van der Waals surface area contributed by atoms with Crippen LogP contribution in [0.5, 0.6) is 23.0 Å². The van der Waals surface area contributed by atoms with Crippen LogP contribution in [0.25, 0.3) is 16.8 Å². The van der Waals surface area contributed by atoms with Crippen LogP contribution in [0.4, 0.5) is 0 Å². The Morgan fingerprint density at radius 1 is 0.920 bits per heavy atom. The maximum atomic E-state index is 10.0. The SMILES string of the molecule is COc1ccc(OC)c2c(OC)c(/C=C/[C@@](C)(O)CO)cc(OC)c12. The fraction of sp³-hybridized carbons (Fsp3) is 0.368. The van der Waals surface area contributed by atoms with Gasteiger partial charge in [0, 0.05) is 5.56 Å². The van der Waals surface area contributed by atoms with Crippen LogP contribution in [0.3, 0.4) is 0 Å². The van der Waals surface area contributed by atoms with Crippen LogP contribution < -0.4 is 18.9 Å². The van der Waals surface area contributed by atoms with Crippen molar-refractivity contribution in [1.82, 2.24) is 0 Å². The number of aliphatic hydroxyl groups excluding tert-OH is 1. The molecule has 0 radical (unpaired) electrons. The Bertz CT molecular complexity index is 779. The minimum Gasteiger partial charge on any atom is -0.496 e. The highest BCUT2D eigenvalue weighted by Gasteiger charge is 2.21. The normalized spacial score (nSPS) is 13.7. The van der Waals surface area contributed by atoms with Gasteiger partial charge in [0.2, 0.25) is 0 Å². The second-order valence-corrected chi connectivity index (χ2v) is 5.77. The van der Waals surface area contributed by atoms with Gasteiger partial charge in [0.25, 0.3) is 0 Å². The Morgan fingerprint density at radius 2 is 1.48 bits per heavy atom. The van der Waals surface area contributed by atoms with Crippen LogP contribution in [0.2, 0.25) is 0 Å². The molecule has 0 heterocycles. The molecule has 6 heteroatoms. The zero-order chi connectivity index (χ0) is 18.6. The molecule has 2 rings (SSSR count). The summed E-state index contributed by atoms with van der Waals surface area (Å²) >= 11 is 0. The van der Waals surface area contributed by atoms with E-state index >= 15 is 0 Å². The van der Waals surface area contributed by atoms with Crippen molar-refractivity contribution < 1.29 is 29.2 Å². The highest BCUT2D eigenvalue weighted by Crippen LogP contribution is 2.46. The summed E-state index contributed by atoms with van der Waals surface area (Å²) in [4.78, 5) is 0. The summed E-state index contributed by atoms with van der Waals surface area (Å²) in [6.45, 7) is 1.12. The Balaban J connectivity index is 2.85. The van der Waals surface area contributed by atoms with E-state index in [0.717, 1.165) is 5.39 Å². The number of fused-ring (bicyclic) bond motifs is 1. The van der Waals surface area contributed by atoms with Crippen LogP contribution in [0.1, 0.15) is 12.5 Å². The summed E-state index contributed by atoms with van der Waals surface area (Å²) in [5.74, 6) is 2.37. The first kappa shape index (κ1) is 18.9. The van der Waals surface area contributed by atoms with Crippen molar-refractivity contribution in [1.29, 1.82) is 0 Å². The van der Waals surface area contributed by atoms with E-state index in [1.807, 2.05) is 0 Å². The van der Waals surface area contributed by atoms with Gasteiger partial charge in [-0.1, -0.05) is 12.2 Å². The molecule has 0 aliphatic rings. The van der Waals surface area contributed by atoms with Crippen LogP contribution >= 0.6 is 0 Å². The van der Waals surface area contributed by atoms with Crippen molar-refractivity contribution in [2.75, 3.05) is 35.0 Å². The average Bonchev–Trinajstić information content (AvgIpc) is 2.64. The van der Waals surface area contributed by atoms with Gasteiger partial charge in [-0.2, -0.15) is 0 Å². The zero-order valence-corrected chi connectivity index (χ0v) is 15.1. The van der Waals surface area contributed by atoms with Crippen LogP contribution in [0, 0.1) is 0 Å². The molecule has 1 atom stereocenters. The standard InChI is InChI=1S/C19H24O6/c1-19(21,11-20)9-8-12-10-15(24-4)16-13(22-2)6-7-14(23-3)17(16)18(12)25-5/h6-10,20-21H,11H2,1-5H3/b9-8+/t19-/m1/s1. The molecule has 0 saturated carbocycles. The molecule has 0 unspecified atom stereocenters. The van der Waals surface area contributed by atoms with E-state index < -0.39 is 12.2 Å². The predicted molar refractivity (Wildman–Crippen MR) is 96.9 cm³/mol. The number of methoxy groups -OCH3 is 4. The van der Waals surface area contributed by atoms with Gasteiger partial charge in [0.05, 0.1) is 45.8 Å². The van der Waals surface area contributed by atoms with E-state index in [-0.39, 0.29) is 0 Å². The van der Waals surface area contributed by atoms with E-state index in [4.69, 9.17) is 18.9 Å². The quantitative estimate of drug-likeness (QED) is 0.801. The first-order chi connectivity index (χ1) is 11.9. The molecule has 0 saturated heterocycles. The van der Waals surface area contributed by atoms with Gasteiger partial charge < -0.3 is 29.2 Å². The van der Waals surface area contributed by atoms with E-state index in [9.17, 15) is 10.2 Å². The minimum atomic E-state index is -1.34. The number of benzene rings is 2. The van der Waals surface area contributed by atoms with Gasteiger partial charge in [-0.25, -0.2) is 0 Å². The van der Waals surface area contributed by atoms with Crippen LogP contribution in [-0.4, -0.2) is 50.9 Å². The summed E-state index contributed by atoms with van der Waals surface area (Å²) in [5, 5.41) is 20.7. The van der Waals surface area contributed by atoms with Gasteiger partial charge in [-0.05, 0) is 25.1 Å². The molecule has 2 aromatic rings. The van der Waals surface area contributed by atoms with Gasteiger partial charge in [0.15, 0.2) is 0 Å². The fourth-order valence-corrected chi connectivity index (χ4v) is 2.62. The first-order valence-corrected chi connectivity index (χ1v) is 7.74. The molecule has 0 aliphatic carbocycles. The summed E-state index contributed by atoms with van der Waals surface area (Å²) < 4.78 is 22.1. The van der Waals surface area contributed by atoms with Gasteiger partial charge in [-0.3, -0.25) is 0 Å². The molecule has 2 N–H and O–H groups in total. The van der Waals surface area contributed by atoms with Crippen molar-refractivity contribution in [3.8, 4) is 23.0 Å². The summed E-state index contributed by atoms with van der Waals surface area (Å²) in [6, 6.07) is 5.38. The summed E-state index contributed by atoms with van der Waals surface area (Å²) in [7, 11) is 6.28. The number of rotatable bonds is 7. The van der Waals surface area contributed by atoms with Crippen molar-refractivity contribution in [2.24, 2.45) is 0 Å². The summed E-state index contributed by atoms with van der Waals surface area (Å²) in [6.07, 6.45) is 3.18. The van der Waals surface area contributed by atoms with E-state index in [2.05, 4.69) is 0 Å². The largest absolute Gasteiger partial charge is 0.496 e. The summed E-state index contributed by atoms with van der Waals surface area (Å²) in [5.41, 5.74) is -0.668. The Morgan fingerprint density at radius 3 is 1.96 bits per heavy atom. The lowest BCUT2D eigenvalue weighted by Gasteiger charge is -2.19. The van der Waals surface area contributed by atoms with Gasteiger partial charge in [-0.15, -0.1) is 0 Å². The lowest BCUT2D eigenvalue weighted by Crippen LogP contribution is -2.25. The molecule has 0 fully saturated rings. The van der Waals surface area contributed by atoms with Gasteiger partial charge >= 0.3 is 0 Å². The molecule has 2 aromatic carbocycles. The van der Waals surface area contributed by atoms with Crippen molar-refractivity contribution in [3.05, 3.63) is 29.8 Å². The van der Waals surface area contributed by atoms with Crippen LogP contribution in [-0.2, 0) is 0 Å². The van der Waals surface area contributed by atoms with Gasteiger partial charge in [0.1, 0.15) is 28.6 Å². The van der Waals surface area contributed by atoms with E-state index in [0.29, 0.717) is 33.9 Å². The van der Waals surface area contributed by atoms with E-state index in [1.165, 1.54) is 13.0 Å². The maximum absolute atomic E-state index is 10.0. The molecule has 0 bridgehead atoms. The smallest absolute Gasteiger partial charge is 0.138 e.